The lowest BCUT2D eigenvalue weighted by atomic mass is 10.3. The monoisotopic (exact) mass is 312 g/mol. The lowest BCUT2D eigenvalue weighted by Gasteiger charge is -2.05. The van der Waals surface area contributed by atoms with Gasteiger partial charge in [-0.25, -0.2) is 0 Å². The number of thioether (sulfide) groups is 1. The average molecular weight is 313 g/mol. The molecule has 1 aromatic carbocycles. The molecule has 0 atom stereocenters. The lowest BCUT2D eigenvalue weighted by molar-refractivity contribution is -0.115. The van der Waals surface area contributed by atoms with Crippen LogP contribution in [0.1, 0.15) is 12.3 Å². The fraction of sp³-hybridized carbons (Fsp3) is 0.250. The molecule has 106 valence electrons. The van der Waals surface area contributed by atoms with Crippen molar-refractivity contribution in [2.75, 3.05) is 11.1 Å². The van der Waals surface area contributed by atoms with E-state index in [9.17, 15) is 4.79 Å². The molecule has 0 aliphatic rings. The van der Waals surface area contributed by atoms with E-state index in [1.165, 1.54) is 11.8 Å². The first-order valence-corrected chi connectivity index (χ1v) is 7.25. The average Bonchev–Trinajstić information content (AvgIpc) is 2.89. The van der Waals surface area contributed by atoms with Gasteiger partial charge in [0.2, 0.25) is 11.8 Å². The number of amides is 1. The summed E-state index contributed by atoms with van der Waals surface area (Å²) in [5.74, 6) is 0.792. The van der Waals surface area contributed by atoms with Gasteiger partial charge in [0, 0.05) is 12.2 Å². The topological polar surface area (TPSA) is 94.0 Å². The number of carbonyl (C=O) groups is 1. The van der Waals surface area contributed by atoms with Crippen LogP contribution in [-0.4, -0.2) is 21.9 Å². The van der Waals surface area contributed by atoms with Crippen molar-refractivity contribution >= 4 is 35.0 Å². The van der Waals surface area contributed by atoms with Gasteiger partial charge in [0.25, 0.3) is 5.22 Å². The third-order valence-electron chi connectivity index (χ3n) is 2.33. The van der Waals surface area contributed by atoms with Crippen LogP contribution in [0.25, 0.3) is 0 Å². The van der Waals surface area contributed by atoms with Crippen molar-refractivity contribution in [2.24, 2.45) is 5.73 Å². The molecule has 0 saturated heterocycles. The molecule has 1 aromatic heterocycles. The van der Waals surface area contributed by atoms with Crippen molar-refractivity contribution < 1.29 is 9.21 Å². The van der Waals surface area contributed by atoms with Gasteiger partial charge in [-0.1, -0.05) is 35.5 Å². The van der Waals surface area contributed by atoms with Gasteiger partial charge in [0.05, 0.1) is 17.3 Å². The number of nitrogens with two attached hydrogens (primary N) is 1. The third kappa shape index (κ3) is 4.22. The first-order valence-electron chi connectivity index (χ1n) is 5.88. The number of hydrogen-bond donors (Lipinski definition) is 2. The third-order valence-corrected chi connectivity index (χ3v) is 3.48. The number of anilines is 1. The lowest BCUT2D eigenvalue weighted by Crippen LogP contribution is -2.12. The molecule has 20 heavy (non-hydrogen) atoms. The first-order chi connectivity index (χ1) is 9.69. The van der Waals surface area contributed by atoms with Crippen molar-refractivity contribution in [1.82, 2.24) is 10.2 Å². The Kier molecular flexibility index (Phi) is 5.40. The highest BCUT2D eigenvalue weighted by molar-refractivity contribution is 7.99. The molecule has 2 aromatic rings. The number of nitrogens with one attached hydrogen (secondary N) is 1. The largest absolute Gasteiger partial charge is 0.415 e. The Morgan fingerprint density at radius 2 is 2.20 bits per heavy atom. The van der Waals surface area contributed by atoms with E-state index in [0.717, 1.165) is 0 Å². The number of aromatic nitrogens is 2. The summed E-state index contributed by atoms with van der Waals surface area (Å²) in [6.45, 7) is 0.209. The van der Waals surface area contributed by atoms with Crippen LogP contribution in [-0.2, 0) is 11.3 Å². The highest BCUT2D eigenvalue weighted by Gasteiger charge is 2.08. The number of para-hydroxylation sites is 1. The van der Waals surface area contributed by atoms with E-state index >= 15 is 0 Å². The molecule has 0 saturated carbocycles. The van der Waals surface area contributed by atoms with Gasteiger partial charge in [0.15, 0.2) is 0 Å². The quantitative estimate of drug-likeness (QED) is 0.795. The molecule has 0 bridgehead atoms. The van der Waals surface area contributed by atoms with Gasteiger partial charge in [0.1, 0.15) is 0 Å². The summed E-state index contributed by atoms with van der Waals surface area (Å²) in [5.41, 5.74) is 5.96. The van der Waals surface area contributed by atoms with Gasteiger partial charge in [-0.15, -0.1) is 10.2 Å². The predicted molar refractivity (Wildman–Crippen MR) is 77.6 cm³/mol. The smallest absolute Gasteiger partial charge is 0.276 e. The van der Waals surface area contributed by atoms with Crippen LogP contribution < -0.4 is 11.1 Å². The Bertz CT molecular complexity index is 590. The molecule has 0 radical (unpaired) electrons. The first kappa shape index (κ1) is 14.8. The molecule has 2 rings (SSSR count). The van der Waals surface area contributed by atoms with Crippen LogP contribution in [0.2, 0.25) is 5.02 Å². The molecule has 1 heterocycles. The Hall–Kier alpha value is -1.57. The number of hydrogen-bond acceptors (Lipinski definition) is 6. The number of carbonyl (C=O) groups excluding carboxylic acids is 1. The number of benzene rings is 1. The zero-order chi connectivity index (χ0) is 14.4. The fourth-order valence-electron chi connectivity index (χ4n) is 1.39. The highest BCUT2D eigenvalue weighted by atomic mass is 35.5. The maximum absolute atomic E-state index is 11.7. The predicted octanol–water partition coefficient (Wildman–Crippen LogP) is 2.30. The van der Waals surface area contributed by atoms with Gasteiger partial charge in [-0.2, -0.15) is 0 Å². The van der Waals surface area contributed by atoms with E-state index in [2.05, 4.69) is 15.5 Å². The van der Waals surface area contributed by atoms with Crippen molar-refractivity contribution in [3.8, 4) is 0 Å². The van der Waals surface area contributed by atoms with Gasteiger partial charge >= 0.3 is 0 Å². The van der Waals surface area contributed by atoms with Crippen LogP contribution in [0, 0.1) is 0 Å². The number of rotatable bonds is 6. The fourth-order valence-corrected chi connectivity index (χ4v) is 2.28. The standard InChI is InChI=1S/C12H13ClN4O2S/c13-8-3-1-2-4-9(8)15-10(18)5-6-20-12-17-16-11(7-14)19-12/h1-4H,5-7,14H2,(H,15,18). The molecule has 0 unspecified atom stereocenters. The van der Waals surface area contributed by atoms with Crippen LogP contribution >= 0.6 is 23.4 Å². The Labute approximate surface area is 125 Å². The minimum atomic E-state index is -0.121. The summed E-state index contributed by atoms with van der Waals surface area (Å²) in [6.07, 6.45) is 0.316. The van der Waals surface area contributed by atoms with Gasteiger partial charge in [-0.05, 0) is 12.1 Å². The molecular weight excluding hydrogens is 300 g/mol. The maximum Gasteiger partial charge on any atom is 0.276 e. The van der Waals surface area contributed by atoms with Crippen LogP contribution in [0.15, 0.2) is 33.9 Å². The Morgan fingerprint density at radius 3 is 2.90 bits per heavy atom. The molecule has 0 aliphatic heterocycles. The minimum Gasteiger partial charge on any atom is -0.415 e. The molecule has 0 spiro atoms. The Balaban J connectivity index is 1.77. The summed E-state index contributed by atoms with van der Waals surface area (Å²) >= 11 is 7.26. The second kappa shape index (κ2) is 7.28. The number of nitrogens with zero attached hydrogens (tertiary/aromatic N) is 2. The minimum absolute atomic E-state index is 0.121. The molecule has 3 N–H and O–H groups in total. The molecule has 1 amide bonds. The van der Waals surface area contributed by atoms with Crippen LogP contribution in [0.5, 0.6) is 0 Å². The molecule has 6 nitrogen and oxygen atoms in total. The van der Waals surface area contributed by atoms with Crippen LogP contribution in [0.3, 0.4) is 0 Å². The van der Waals surface area contributed by atoms with Crippen LogP contribution in [0.4, 0.5) is 5.69 Å². The van der Waals surface area contributed by atoms with E-state index in [1.54, 1.807) is 18.2 Å². The summed E-state index contributed by atoms with van der Waals surface area (Å²) in [4.78, 5) is 11.7. The van der Waals surface area contributed by atoms with E-state index in [1.807, 2.05) is 6.07 Å². The van der Waals surface area contributed by atoms with E-state index in [4.69, 9.17) is 21.8 Å². The second-order valence-corrected chi connectivity index (χ2v) is 5.25. The molecule has 0 fully saturated rings. The van der Waals surface area contributed by atoms with Crippen molar-refractivity contribution in [2.45, 2.75) is 18.2 Å². The number of halogens is 1. The van der Waals surface area contributed by atoms with E-state index < -0.39 is 0 Å². The molecule has 0 aliphatic carbocycles. The van der Waals surface area contributed by atoms with Crippen molar-refractivity contribution in [1.29, 1.82) is 0 Å². The van der Waals surface area contributed by atoms with E-state index in [0.29, 0.717) is 34.0 Å². The summed E-state index contributed by atoms with van der Waals surface area (Å²) in [6, 6.07) is 7.08. The zero-order valence-corrected chi connectivity index (χ0v) is 12.1. The molecule has 8 heteroatoms. The van der Waals surface area contributed by atoms with Crippen molar-refractivity contribution in [3.05, 3.63) is 35.2 Å². The SMILES string of the molecule is NCc1nnc(SCCC(=O)Nc2ccccc2Cl)o1. The van der Waals surface area contributed by atoms with Gasteiger partial charge in [-0.3, -0.25) is 4.79 Å². The van der Waals surface area contributed by atoms with Crippen molar-refractivity contribution in [3.63, 3.8) is 0 Å². The molecular formula is C12H13ClN4O2S. The second-order valence-electron chi connectivity index (χ2n) is 3.79. The van der Waals surface area contributed by atoms with E-state index in [-0.39, 0.29) is 12.5 Å². The summed E-state index contributed by atoms with van der Waals surface area (Å²) in [7, 11) is 0. The van der Waals surface area contributed by atoms with Gasteiger partial charge < -0.3 is 15.5 Å². The zero-order valence-electron chi connectivity index (χ0n) is 10.5. The summed E-state index contributed by atoms with van der Waals surface area (Å²) in [5, 5.41) is 11.2. The normalized spacial score (nSPS) is 10.5. The highest BCUT2D eigenvalue weighted by Crippen LogP contribution is 2.21. The summed E-state index contributed by atoms with van der Waals surface area (Å²) < 4.78 is 5.21. The Morgan fingerprint density at radius 1 is 1.40 bits per heavy atom. The maximum atomic E-state index is 11.7.